The molecule has 2 rings (SSSR count). The van der Waals surface area contributed by atoms with Gasteiger partial charge in [-0.25, -0.2) is 0 Å². The highest BCUT2D eigenvalue weighted by Gasteiger charge is 2.00. The van der Waals surface area contributed by atoms with Crippen molar-refractivity contribution < 1.29 is 9.53 Å². The van der Waals surface area contributed by atoms with E-state index < -0.39 is 0 Å². The van der Waals surface area contributed by atoms with Crippen molar-refractivity contribution >= 4 is 18.1 Å². The fourth-order valence-electron chi connectivity index (χ4n) is 1.61. The highest BCUT2D eigenvalue weighted by molar-refractivity contribution is 5.73. The van der Waals surface area contributed by atoms with Crippen molar-refractivity contribution in [1.29, 1.82) is 0 Å². The smallest absolute Gasteiger partial charge is 0.310 e. The van der Waals surface area contributed by atoms with Gasteiger partial charge in [-0.05, 0) is 23.3 Å². The van der Waals surface area contributed by atoms with E-state index in [1.807, 2.05) is 54.6 Å². The summed E-state index contributed by atoms with van der Waals surface area (Å²) >= 11 is 0. The summed E-state index contributed by atoms with van der Waals surface area (Å²) in [5, 5.41) is 0. The summed E-state index contributed by atoms with van der Waals surface area (Å²) in [7, 11) is 0. The van der Waals surface area contributed by atoms with Gasteiger partial charge in [0.25, 0.3) is 0 Å². The van der Waals surface area contributed by atoms with E-state index in [0.717, 1.165) is 11.1 Å². The predicted molar refractivity (Wildman–Crippen MR) is 77.7 cm³/mol. The Labute approximate surface area is 113 Å². The molecule has 0 aliphatic carbocycles. The van der Waals surface area contributed by atoms with Gasteiger partial charge < -0.3 is 4.74 Å². The van der Waals surface area contributed by atoms with Gasteiger partial charge in [-0.15, -0.1) is 0 Å². The van der Waals surface area contributed by atoms with E-state index in [1.165, 1.54) is 0 Å². The molecule has 2 nitrogen and oxygen atoms in total. The Morgan fingerprint density at radius 1 is 0.947 bits per heavy atom. The van der Waals surface area contributed by atoms with Crippen LogP contribution in [0, 0.1) is 0 Å². The summed E-state index contributed by atoms with van der Waals surface area (Å²) in [5.41, 5.74) is 2.23. The molecule has 0 amide bonds. The van der Waals surface area contributed by atoms with Crippen LogP contribution in [-0.4, -0.2) is 5.97 Å². The third-order valence-corrected chi connectivity index (χ3v) is 2.67. The number of ether oxygens (including phenoxy) is 1. The maximum absolute atomic E-state index is 11.1. The largest absolute Gasteiger partial charge is 0.427 e. The number of carbonyl (C=O) groups is 1. The van der Waals surface area contributed by atoms with Gasteiger partial charge in [0, 0.05) is 6.42 Å². The molecule has 0 heterocycles. The first-order chi connectivity index (χ1) is 9.28. The molecule has 0 unspecified atom stereocenters. The lowest BCUT2D eigenvalue weighted by Gasteiger charge is -2.02. The monoisotopic (exact) mass is 252 g/mol. The lowest BCUT2D eigenvalue weighted by atomic mass is 10.1. The first-order valence-electron chi connectivity index (χ1n) is 6.32. The minimum absolute atomic E-state index is 0.215. The number of carbonyl (C=O) groups excluding carboxylic acids is 1. The van der Waals surface area contributed by atoms with Crippen LogP contribution < -0.4 is 4.74 Å². The summed E-state index contributed by atoms with van der Waals surface area (Å²) in [6.45, 7) is 1.78. The van der Waals surface area contributed by atoms with Crippen LogP contribution in [-0.2, 0) is 4.79 Å². The number of benzene rings is 2. The van der Waals surface area contributed by atoms with E-state index in [-0.39, 0.29) is 5.97 Å². The van der Waals surface area contributed by atoms with Gasteiger partial charge in [-0.3, -0.25) is 4.79 Å². The van der Waals surface area contributed by atoms with E-state index in [2.05, 4.69) is 0 Å². The van der Waals surface area contributed by atoms with E-state index in [1.54, 1.807) is 19.1 Å². The molecule has 96 valence electrons. The molecule has 0 aromatic heterocycles. The predicted octanol–water partition coefficient (Wildman–Crippen LogP) is 4.17. The van der Waals surface area contributed by atoms with Crippen molar-refractivity contribution in [3.8, 4) is 5.75 Å². The molecule has 0 fully saturated rings. The Balaban J connectivity index is 2.03. The highest BCUT2D eigenvalue weighted by atomic mass is 16.5. The third-order valence-electron chi connectivity index (χ3n) is 2.67. The number of hydrogen-bond donors (Lipinski definition) is 0. The SMILES string of the molecule is CCC(=O)Oc1ccc(/C=C/c2ccccc2)cc1. The molecule has 0 N–H and O–H groups in total. The molecule has 0 saturated heterocycles. The molecule has 0 aliphatic heterocycles. The summed E-state index contributed by atoms with van der Waals surface area (Å²) in [4.78, 5) is 11.1. The highest BCUT2D eigenvalue weighted by Crippen LogP contribution is 2.15. The normalized spacial score (nSPS) is 10.6. The molecule has 2 aromatic carbocycles. The standard InChI is InChI=1S/C17H16O2/c1-2-17(18)19-16-12-10-15(11-13-16)9-8-14-6-4-3-5-7-14/h3-13H,2H2,1H3/b9-8+. The van der Waals surface area contributed by atoms with Crippen molar-refractivity contribution in [2.45, 2.75) is 13.3 Å². The van der Waals surface area contributed by atoms with Crippen LogP contribution in [0.4, 0.5) is 0 Å². The Kier molecular flexibility index (Phi) is 4.51. The van der Waals surface area contributed by atoms with Crippen molar-refractivity contribution in [2.75, 3.05) is 0 Å². The Hall–Kier alpha value is -2.35. The number of esters is 1. The summed E-state index contributed by atoms with van der Waals surface area (Å²) in [5.74, 6) is 0.372. The Morgan fingerprint density at radius 3 is 2.11 bits per heavy atom. The Morgan fingerprint density at radius 2 is 1.53 bits per heavy atom. The van der Waals surface area contributed by atoms with Gasteiger partial charge in [0.1, 0.15) is 5.75 Å². The first kappa shape index (κ1) is 13.1. The average molecular weight is 252 g/mol. The number of rotatable bonds is 4. The van der Waals surface area contributed by atoms with E-state index >= 15 is 0 Å². The van der Waals surface area contributed by atoms with Crippen LogP contribution in [0.5, 0.6) is 5.75 Å². The Bertz CT molecular complexity index is 554. The second-order valence-corrected chi connectivity index (χ2v) is 4.14. The molecular weight excluding hydrogens is 236 g/mol. The first-order valence-corrected chi connectivity index (χ1v) is 6.32. The van der Waals surface area contributed by atoms with E-state index in [4.69, 9.17) is 4.74 Å². The van der Waals surface area contributed by atoms with Crippen molar-refractivity contribution in [3.63, 3.8) is 0 Å². The maximum Gasteiger partial charge on any atom is 0.310 e. The second kappa shape index (κ2) is 6.55. The molecular formula is C17H16O2. The van der Waals surface area contributed by atoms with Crippen molar-refractivity contribution in [2.24, 2.45) is 0 Å². The summed E-state index contributed by atoms with van der Waals surface area (Å²) in [6.07, 6.45) is 4.46. The fraction of sp³-hybridized carbons (Fsp3) is 0.118. The minimum atomic E-state index is -0.215. The topological polar surface area (TPSA) is 26.3 Å². The zero-order chi connectivity index (χ0) is 13.5. The molecule has 2 aromatic rings. The average Bonchev–Trinajstić information content (AvgIpc) is 2.47. The molecule has 0 saturated carbocycles. The lowest BCUT2D eigenvalue weighted by Crippen LogP contribution is -2.05. The third kappa shape index (κ3) is 4.11. The molecule has 0 atom stereocenters. The second-order valence-electron chi connectivity index (χ2n) is 4.14. The summed E-state index contributed by atoms with van der Waals surface area (Å²) in [6, 6.07) is 17.6. The van der Waals surface area contributed by atoms with Gasteiger partial charge >= 0.3 is 5.97 Å². The summed E-state index contributed by atoms with van der Waals surface area (Å²) < 4.78 is 5.12. The fourth-order valence-corrected chi connectivity index (χ4v) is 1.61. The van der Waals surface area contributed by atoms with Crippen LogP contribution in [0.15, 0.2) is 54.6 Å². The van der Waals surface area contributed by atoms with Crippen LogP contribution in [0.3, 0.4) is 0 Å². The molecule has 0 radical (unpaired) electrons. The zero-order valence-corrected chi connectivity index (χ0v) is 10.9. The van der Waals surface area contributed by atoms with Crippen LogP contribution >= 0.6 is 0 Å². The van der Waals surface area contributed by atoms with Gasteiger partial charge in [0.15, 0.2) is 0 Å². The number of hydrogen-bond acceptors (Lipinski definition) is 2. The van der Waals surface area contributed by atoms with Gasteiger partial charge in [-0.1, -0.05) is 61.5 Å². The molecule has 0 bridgehead atoms. The van der Waals surface area contributed by atoms with Gasteiger partial charge in [-0.2, -0.15) is 0 Å². The lowest BCUT2D eigenvalue weighted by molar-refractivity contribution is -0.134. The van der Waals surface area contributed by atoms with Crippen LogP contribution in [0.25, 0.3) is 12.2 Å². The van der Waals surface area contributed by atoms with Gasteiger partial charge in [0.2, 0.25) is 0 Å². The van der Waals surface area contributed by atoms with E-state index in [9.17, 15) is 4.79 Å². The molecule has 2 heteroatoms. The van der Waals surface area contributed by atoms with Crippen LogP contribution in [0.2, 0.25) is 0 Å². The van der Waals surface area contributed by atoms with Crippen molar-refractivity contribution in [1.82, 2.24) is 0 Å². The van der Waals surface area contributed by atoms with Crippen LogP contribution in [0.1, 0.15) is 24.5 Å². The van der Waals surface area contributed by atoms with E-state index in [0.29, 0.717) is 12.2 Å². The minimum Gasteiger partial charge on any atom is -0.427 e. The van der Waals surface area contributed by atoms with Crippen molar-refractivity contribution in [3.05, 3.63) is 65.7 Å². The van der Waals surface area contributed by atoms with Gasteiger partial charge in [0.05, 0.1) is 0 Å². The maximum atomic E-state index is 11.1. The molecule has 19 heavy (non-hydrogen) atoms. The quantitative estimate of drug-likeness (QED) is 0.463. The molecule has 0 spiro atoms. The molecule has 0 aliphatic rings. The zero-order valence-electron chi connectivity index (χ0n) is 10.9.